The van der Waals surface area contributed by atoms with Gasteiger partial charge in [-0.25, -0.2) is 0 Å². The zero-order valence-electron chi connectivity index (χ0n) is 15.7. The predicted molar refractivity (Wildman–Crippen MR) is 114 cm³/mol. The van der Waals surface area contributed by atoms with Gasteiger partial charge in [-0.3, -0.25) is 0 Å². The molecule has 0 amide bonds. The third-order valence-corrected chi connectivity index (χ3v) is 4.79. The average molecular weight is 375 g/mol. The summed E-state index contributed by atoms with van der Waals surface area (Å²) < 4.78 is 0. The summed E-state index contributed by atoms with van der Waals surface area (Å²) in [5, 5.41) is 9.96. The number of nitrogen functional groups attached to an aromatic ring is 1. The molecule has 1 saturated carbocycles. The van der Waals surface area contributed by atoms with Crippen LogP contribution in [0.4, 0.5) is 34.9 Å². The smallest absolute Gasteiger partial charge is 0.233 e. The highest BCUT2D eigenvalue weighted by atomic mass is 15.2. The number of benzene rings is 2. The molecule has 3 aromatic rings. The molecule has 1 aliphatic carbocycles. The second kappa shape index (κ2) is 8.56. The fourth-order valence-corrected chi connectivity index (χ4v) is 3.40. The van der Waals surface area contributed by atoms with Gasteiger partial charge in [0.1, 0.15) is 0 Å². The van der Waals surface area contributed by atoms with Gasteiger partial charge in [0.2, 0.25) is 17.8 Å². The lowest BCUT2D eigenvalue weighted by molar-refractivity contribution is 0.461. The summed E-state index contributed by atoms with van der Waals surface area (Å²) in [6.07, 6.45) is 6.08. The highest BCUT2D eigenvalue weighted by molar-refractivity contribution is 5.64. The Morgan fingerprint density at radius 2 is 1.29 bits per heavy atom. The van der Waals surface area contributed by atoms with Crippen LogP contribution in [0.3, 0.4) is 0 Å². The number of hydrogen-bond donors (Lipinski definition) is 4. The van der Waals surface area contributed by atoms with Gasteiger partial charge >= 0.3 is 0 Å². The van der Waals surface area contributed by atoms with E-state index >= 15 is 0 Å². The molecule has 0 aliphatic heterocycles. The van der Waals surface area contributed by atoms with Crippen molar-refractivity contribution in [3.8, 4) is 0 Å². The zero-order valence-corrected chi connectivity index (χ0v) is 15.7. The monoisotopic (exact) mass is 375 g/mol. The molecule has 0 atom stereocenters. The number of nitrogens with zero attached hydrogens (tertiary/aromatic N) is 3. The first kappa shape index (κ1) is 18.0. The molecule has 2 aromatic carbocycles. The Morgan fingerprint density at radius 1 is 0.679 bits per heavy atom. The summed E-state index contributed by atoms with van der Waals surface area (Å²) in [5.74, 6) is 1.18. The minimum absolute atomic E-state index is 0.207. The van der Waals surface area contributed by atoms with Gasteiger partial charge in [0.05, 0.1) is 0 Å². The van der Waals surface area contributed by atoms with Crippen molar-refractivity contribution in [2.24, 2.45) is 0 Å². The number of anilines is 6. The number of para-hydroxylation sites is 1. The van der Waals surface area contributed by atoms with Gasteiger partial charge in [-0.15, -0.1) is 0 Å². The molecule has 7 heteroatoms. The Balaban J connectivity index is 1.41. The van der Waals surface area contributed by atoms with Crippen molar-refractivity contribution in [2.45, 2.75) is 38.1 Å². The van der Waals surface area contributed by atoms with Crippen molar-refractivity contribution in [3.05, 3.63) is 54.6 Å². The molecule has 28 heavy (non-hydrogen) atoms. The van der Waals surface area contributed by atoms with Crippen LogP contribution < -0.4 is 21.7 Å². The molecular formula is C21H25N7. The van der Waals surface area contributed by atoms with Gasteiger partial charge in [-0.1, -0.05) is 37.5 Å². The zero-order chi connectivity index (χ0) is 19.2. The Kier molecular flexibility index (Phi) is 5.51. The van der Waals surface area contributed by atoms with E-state index in [1.54, 1.807) is 0 Å². The van der Waals surface area contributed by atoms with Crippen LogP contribution in [0.5, 0.6) is 0 Å². The third-order valence-electron chi connectivity index (χ3n) is 4.79. The molecule has 5 N–H and O–H groups in total. The quantitative estimate of drug-likeness (QED) is 0.496. The fraction of sp³-hybridized carbons (Fsp3) is 0.286. The van der Waals surface area contributed by atoms with Crippen LogP contribution in [-0.4, -0.2) is 21.0 Å². The molecule has 1 heterocycles. The Hall–Kier alpha value is -3.35. The predicted octanol–water partition coefficient (Wildman–Crippen LogP) is 4.69. The molecule has 0 radical (unpaired) electrons. The molecule has 0 spiro atoms. The first-order valence-corrected chi connectivity index (χ1v) is 9.72. The van der Waals surface area contributed by atoms with E-state index in [1.165, 1.54) is 19.3 Å². The second-order valence-electron chi connectivity index (χ2n) is 7.01. The highest BCUT2D eigenvalue weighted by Gasteiger charge is 2.15. The molecule has 0 unspecified atom stereocenters. The van der Waals surface area contributed by atoms with Gasteiger partial charge < -0.3 is 21.7 Å². The maximum atomic E-state index is 5.88. The molecule has 1 aliphatic rings. The van der Waals surface area contributed by atoms with E-state index in [9.17, 15) is 0 Å². The maximum Gasteiger partial charge on any atom is 0.233 e. The van der Waals surface area contributed by atoms with E-state index in [0.29, 0.717) is 17.9 Å². The number of nitrogens with one attached hydrogen (secondary N) is 3. The molecule has 7 nitrogen and oxygen atoms in total. The van der Waals surface area contributed by atoms with Gasteiger partial charge in [0.15, 0.2) is 0 Å². The fourth-order valence-electron chi connectivity index (χ4n) is 3.40. The van der Waals surface area contributed by atoms with Crippen molar-refractivity contribution in [3.63, 3.8) is 0 Å². The molecular weight excluding hydrogens is 350 g/mol. The Labute approximate surface area is 164 Å². The van der Waals surface area contributed by atoms with Crippen molar-refractivity contribution < 1.29 is 0 Å². The maximum absolute atomic E-state index is 5.88. The first-order chi connectivity index (χ1) is 13.7. The lowest BCUT2D eigenvalue weighted by Gasteiger charge is -2.22. The number of hydrogen-bond acceptors (Lipinski definition) is 7. The van der Waals surface area contributed by atoms with Crippen LogP contribution in [0.25, 0.3) is 0 Å². The van der Waals surface area contributed by atoms with Crippen molar-refractivity contribution in [2.75, 3.05) is 21.7 Å². The van der Waals surface area contributed by atoms with Gasteiger partial charge in [0, 0.05) is 23.1 Å². The van der Waals surface area contributed by atoms with Crippen molar-refractivity contribution >= 4 is 34.9 Å². The van der Waals surface area contributed by atoms with Crippen LogP contribution in [0.2, 0.25) is 0 Å². The standard InChI is InChI=1S/C21H25N7/c22-19-26-20(24-16-9-5-2-6-10-16)28-21(27-19)25-18-13-11-17(12-14-18)23-15-7-3-1-4-8-15/h1,3-4,7-8,11-14,16,23H,2,5-6,9-10H2,(H4,22,24,25,26,27,28). The van der Waals surface area contributed by atoms with E-state index in [-0.39, 0.29) is 5.95 Å². The minimum Gasteiger partial charge on any atom is -0.368 e. The largest absolute Gasteiger partial charge is 0.368 e. The SMILES string of the molecule is Nc1nc(Nc2ccc(Nc3ccccc3)cc2)nc(NC2CCCCC2)n1. The summed E-state index contributed by atoms with van der Waals surface area (Å²) >= 11 is 0. The third kappa shape index (κ3) is 4.88. The molecule has 4 rings (SSSR count). The lowest BCUT2D eigenvalue weighted by atomic mass is 9.96. The molecule has 1 aromatic heterocycles. The van der Waals surface area contributed by atoms with Crippen molar-refractivity contribution in [1.29, 1.82) is 0 Å². The summed E-state index contributed by atoms with van der Waals surface area (Å²) in [6.45, 7) is 0. The van der Waals surface area contributed by atoms with Crippen LogP contribution in [0, 0.1) is 0 Å². The number of nitrogens with two attached hydrogens (primary N) is 1. The summed E-state index contributed by atoms with van der Waals surface area (Å²) in [5.41, 5.74) is 8.81. The minimum atomic E-state index is 0.207. The number of rotatable bonds is 6. The average Bonchev–Trinajstić information content (AvgIpc) is 2.71. The first-order valence-electron chi connectivity index (χ1n) is 9.72. The summed E-state index contributed by atoms with van der Waals surface area (Å²) in [4.78, 5) is 12.9. The van der Waals surface area contributed by atoms with E-state index < -0.39 is 0 Å². The molecule has 144 valence electrons. The second-order valence-corrected chi connectivity index (χ2v) is 7.01. The lowest BCUT2D eigenvalue weighted by Crippen LogP contribution is -2.24. The van der Waals surface area contributed by atoms with E-state index in [1.807, 2.05) is 54.6 Å². The molecule has 0 saturated heterocycles. The summed E-state index contributed by atoms with van der Waals surface area (Å²) in [6, 6.07) is 18.4. The van der Waals surface area contributed by atoms with Gasteiger partial charge in [-0.2, -0.15) is 15.0 Å². The van der Waals surface area contributed by atoms with Gasteiger partial charge in [-0.05, 0) is 49.2 Å². The van der Waals surface area contributed by atoms with E-state index in [4.69, 9.17) is 5.73 Å². The topological polar surface area (TPSA) is 101 Å². The molecule has 0 bridgehead atoms. The highest BCUT2D eigenvalue weighted by Crippen LogP contribution is 2.23. The Morgan fingerprint density at radius 3 is 2.00 bits per heavy atom. The van der Waals surface area contributed by atoms with Crippen LogP contribution in [0.15, 0.2) is 54.6 Å². The van der Waals surface area contributed by atoms with Crippen LogP contribution in [-0.2, 0) is 0 Å². The van der Waals surface area contributed by atoms with E-state index in [2.05, 4.69) is 30.9 Å². The van der Waals surface area contributed by atoms with Crippen molar-refractivity contribution in [1.82, 2.24) is 15.0 Å². The molecule has 1 fully saturated rings. The normalized spacial score (nSPS) is 14.4. The summed E-state index contributed by atoms with van der Waals surface area (Å²) in [7, 11) is 0. The van der Waals surface area contributed by atoms with Crippen LogP contribution in [0.1, 0.15) is 32.1 Å². The number of aromatic nitrogens is 3. The van der Waals surface area contributed by atoms with E-state index in [0.717, 1.165) is 29.9 Å². The van der Waals surface area contributed by atoms with Crippen LogP contribution >= 0.6 is 0 Å². The van der Waals surface area contributed by atoms with Gasteiger partial charge in [0.25, 0.3) is 0 Å². The Bertz CT molecular complexity index is 890.